The molecule has 21 heavy (non-hydrogen) atoms. The standard InChI is InChI=1S/C13H20N4O4/c1-4-9-10(17(20)21)11(15(3)14-9)16-7-5-13(2,6-8-16)12(18)19/h4-8H2,1-3H3,(H,18,19). The van der Waals surface area contributed by atoms with Gasteiger partial charge in [-0.3, -0.25) is 14.9 Å². The first-order valence-electron chi connectivity index (χ1n) is 6.98. The van der Waals surface area contributed by atoms with Crippen LogP contribution < -0.4 is 4.90 Å². The summed E-state index contributed by atoms with van der Waals surface area (Å²) in [5.74, 6) is -0.333. The van der Waals surface area contributed by atoms with Gasteiger partial charge >= 0.3 is 11.7 Å². The molecular weight excluding hydrogens is 276 g/mol. The lowest BCUT2D eigenvalue weighted by Crippen LogP contribution is -2.43. The summed E-state index contributed by atoms with van der Waals surface area (Å²) in [6, 6.07) is 0. The Morgan fingerprint density at radius 3 is 2.48 bits per heavy atom. The van der Waals surface area contributed by atoms with Gasteiger partial charge in [0.2, 0.25) is 5.82 Å². The van der Waals surface area contributed by atoms with Crippen LogP contribution >= 0.6 is 0 Å². The molecular formula is C13H20N4O4. The molecule has 0 atom stereocenters. The predicted molar refractivity (Wildman–Crippen MR) is 76.4 cm³/mol. The second-order valence-electron chi connectivity index (χ2n) is 5.71. The highest BCUT2D eigenvalue weighted by Gasteiger charge is 2.39. The molecule has 2 heterocycles. The molecule has 0 aromatic carbocycles. The van der Waals surface area contributed by atoms with Gasteiger partial charge in [-0.15, -0.1) is 0 Å². The zero-order valence-corrected chi connectivity index (χ0v) is 12.5. The van der Waals surface area contributed by atoms with Crippen molar-refractivity contribution >= 4 is 17.5 Å². The van der Waals surface area contributed by atoms with E-state index in [2.05, 4.69) is 5.10 Å². The molecule has 0 amide bonds. The number of carbonyl (C=O) groups is 1. The zero-order chi connectivity index (χ0) is 15.8. The highest BCUT2D eigenvalue weighted by atomic mass is 16.6. The number of hydrogen-bond acceptors (Lipinski definition) is 5. The van der Waals surface area contributed by atoms with Crippen LogP contribution in [0.5, 0.6) is 0 Å². The lowest BCUT2D eigenvalue weighted by molar-refractivity contribution is -0.384. The van der Waals surface area contributed by atoms with Gasteiger partial charge in [-0.1, -0.05) is 6.92 Å². The topological polar surface area (TPSA) is 102 Å². The van der Waals surface area contributed by atoms with E-state index in [1.54, 1.807) is 14.0 Å². The van der Waals surface area contributed by atoms with E-state index < -0.39 is 16.3 Å². The molecule has 0 aliphatic carbocycles. The molecule has 1 aromatic heterocycles. The van der Waals surface area contributed by atoms with Crippen molar-refractivity contribution in [3.05, 3.63) is 15.8 Å². The third kappa shape index (κ3) is 2.57. The number of carboxylic acids is 1. The molecule has 0 spiro atoms. The number of aliphatic carboxylic acids is 1. The van der Waals surface area contributed by atoms with Crippen molar-refractivity contribution in [1.82, 2.24) is 9.78 Å². The van der Waals surface area contributed by atoms with Crippen molar-refractivity contribution in [2.75, 3.05) is 18.0 Å². The first kappa shape index (κ1) is 15.3. The molecule has 1 saturated heterocycles. The van der Waals surface area contributed by atoms with Crippen molar-refractivity contribution < 1.29 is 14.8 Å². The fourth-order valence-corrected chi connectivity index (χ4v) is 2.76. The molecule has 0 saturated carbocycles. The van der Waals surface area contributed by atoms with E-state index >= 15 is 0 Å². The van der Waals surface area contributed by atoms with Crippen LogP contribution in [0, 0.1) is 15.5 Å². The summed E-state index contributed by atoms with van der Waals surface area (Å²) in [5.41, 5.74) is -0.250. The first-order valence-corrected chi connectivity index (χ1v) is 6.98. The van der Waals surface area contributed by atoms with Gasteiger partial charge in [-0.05, 0) is 26.2 Å². The largest absolute Gasteiger partial charge is 0.481 e. The Labute approximate surface area is 122 Å². The Hall–Kier alpha value is -2.12. The average molecular weight is 296 g/mol. The SMILES string of the molecule is CCc1nn(C)c(N2CCC(C)(C(=O)O)CC2)c1[N+](=O)[O-]. The number of hydrogen-bond donors (Lipinski definition) is 1. The molecule has 1 fully saturated rings. The van der Waals surface area contributed by atoms with Crippen molar-refractivity contribution in [3.63, 3.8) is 0 Å². The summed E-state index contributed by atoms with van der Waals surface area (Å²) in [5, 5.41) is 24.8. The highest BCUT2D eigenvalue weighted by Crippen LogP contribution is 2.37. The Balaban J connectivity index is 2.31. The van der Waals surface area contributed by atoms with Crippen molar-refractivity contribution in [2.24, 2.45) is 12.5 Å². The summed E-state index contributed by atoms with van der Waals surface area (Å²) < 4.78 is 1.53. The molecule has 1 aliphatic rings. The maximum absolute atomic E-state index is 11.3. The van der Waals surface area contributed by atoms with E-state index in [0.29, 0.717) is 43.9 Å². The van der Waals surface area contributed by atoms with Crippen LogP contribution in [-0.4, -0.2) is 38.9 Å². The summed E-state index contributed by atoms with van der Waals surface area (Å²) in [4.78, 5) is 24.1. The van der Waals surface area contributed by atoms with Gasteiger partial charge in [-0.25, -0.2) is 4.68 Å². The Bertz CT molecular complexity index is 573. The van der Waals surface area contributed by atoms with Crippen molar-refractivity contribution in [2.45, 2.75) is 33.1 Å². The third-order valence-electron chi connectivity index (χ3n) is 4.26. The van der Waals surface area contributed by atoms with E-state index in [-0.39, 0.29) is 5.69 Å². The van der Waals surface area contributed by atoms with Crippen LogP contribution in [0.25, 0.3) is 0 Å². The molecule has 0 unspecified atom stereocenters. The van der Waals surface area contributed by atoms with Crippen molar-refractivity contribution in [1.29, 1.82) is 0 Å². The number of carboxylic acid groups (broad SMARTS) is 1. The molecule has 8 heteroatoms. The van der Waals surface area contributed by atoms with Gasteiger partial charge in [0.15, 0.2) is 0 Å². The molecule has 8 nitrogen and oxygen atoms in total. The smallest absolute Gasteiger partial charge is 0.334 e. The number of nitrogens with zero attached hydrogens (tertiary/aromatic N) is 4. The Morgan fingerprint density at radius 2 is 2.05 bits per heavy atom. The van der Waals surface area contributed by atoms with Gasteiger partial charge in [-0.2, -0.15) is 5.10 Å². The van der Waals surface area contributed by atoms with Gasteiger partial charge < -0.3 is 10.0 Å². The molecule has 2 rings (SSSR count). The Morgan fingerprint density at radius 1 is 1.48 bits per heavy atom. The third-order valence-corrected chi connectivity index (χ3v) is 4.26. The van der Waals surface area contributed by atoms with Gasteiger partial charge in [0.1, 0.15) is 5.69 Å². The maximum atomic E-state index is 11.3. The van der Waals surface area contributed by atoms with Crippen LogP contribution in [0.4, 0.5) is 11.5 Å². The predicted octanol–water partition coefficient (Wildman–Crippen LogP) is 1.58. The van der Waals surface area contributed by atoms with Crippen LogP contribution in [0.1, 0.15) is 32.4 Å². The zero-order valence-electron chi connectivity index (χ0n) is 12.5. The normalized spacial score (nSPS) is 17.8. The van der Waals surface area contributed by atoms with E-state index in [0.717, 1.165) is 0 Å². The quantitative estimate of drug-likeness (QED) is 0.668. The summed E-state index contributed by atoms with van der Waals surface area (Å²) in [6.45, 7) is 4.51. The van der Waals surface area contributed by atoms with Crippen molar-refractivity contribution in [3.8, 4) is 0 Å². The monoisotopic (exact) mass is 296 g/mol. The van der Waals surface area contributed by atoms with E-state index in [9.17, 15) is 20.0 Å². The molecule has 116 valence electrons. The van der Waals surface area contributed by atoms with Crippen LogP contribution in [0.3, 0.4) is 0 Å². The number of aryl methyl sites for hydroxylation is 2. The number of anilines is 1. The number of piperidine rings is 1. The minimum Gasteiger partial charge on any atom is -0.481 e. The lowest BCUT2D eigenvalue weighted by atomic mass is 9.80. The van der Waals surface area contributed by atoms with Gasteiger partial charge in [0, 0.05) is 20.1 Å². The summed E-state index contributed by atoms with van der Waals surface area (Å²) >= 11 is 0. The molecule has 0 bridgehead atoms. The molecule has 0 radical (unpaired) electrons. The van der Waals surface area contributed by atoms with E-state index in [1.165, 1.54) is 4.68 Å². The van der Waals surface area contributed by atoms with Gasteiger partial charge in [0.25, 0.3) is 0 Å². The summed E-state index contributed by atoms with van der Waals surface area (Å²) in [7, 11) is 1.69. The van der Waals surface area contributed by atoms with Crippen LogP contribution in [0.2, 0.25) is 0 Å². The second-order valence-corrected chi connectivity index (χ2v) is 5.71. The van der Waals surface area contributed by atoms with E-state index in [1.807, 2.05) is 11.8 Å². The van der Waals surface area contributed by atoms with E-state index in [4.69, 9.17) is 0 Å². The number of rotatable bonds is 4. The lowest BCUT2D eigenvalue weighted by Gasteiger charge is -2.36. The fraction of sp³-hybridized carbons (Fsp3) is 0.692. The van der Waals surface area contributed by atoms with Crippen LogP contribution in [0.15, 0.2) is 0 Å². The fourth-order valence-electron chi connectivity index (χ4n) is 2.76. The number of nitro groups is 1. The average Bonchev–Trinajstić information content (AvgIpc) is 2.76. The highest BCUT2D eigenvalue weighted by molar-refractivity contribution is 5.75. The molecule has 1 aromatic rings. The summed E-state index contributed by atoms with van der Waals surface area (Å²) in [6.07, 6.45) is 1.42. The minimum atomic E-state index is -0.809. The maximum Gasteiger partial charge on any atom is 0.334 e. The Kier molecular flexibility index (Phi) is 3.89. The number of aromatic nitrogens is 2. The molecule has 1 aliphatic heterocycles. The first-order chi connectivity index (χ1) is 9.80. The minimum absolute atomic E-state index is 0.0407. The van der Waals surface area contributed by atoms with Crippen LogP contribution in [-0.2, 0) is 18.3 Å². The molecule has 1 N–H and O–H groups in total. The second kappa shape index (κ2) is 5.34. The van der Waals surface area contributed by atoms with Gasteiger partial charge in [0.05, 0.1) is 10.3 Å².